The second-order valence-corrected chi connectivity index (χ2v) is 7.02. The molecule has 1 aromatic carbocycles. The summed E-state index contributed by atoms with van der Waals surface area (Å²) in [5.74, 6) is -1.18. The number of carbonyl (C=O) groups excluding carboxylic acids is 1. The third-order valence-electron chi connectivity index (χ3n) is 3.29. The van der Waals surface area contributed by atoms with Crippen LogP contribution in [-0.2, 0) is 19.6 Å². The van der Waals surface area contributed by atoms with Crippen LogP contribution in [0.25, 0.3) is 6.08 Å². The Morgan fingerprint density at radius 1 is 1.28 bits per heavy atom. The molecule has 0 aliphatic carbocycles. The number of carboxylic acids is 1. The quantitative estimate of drug-likeness (QED) is 0.434. The molecule has 1 N–H and O–H groups in total. The Kier molecular flexibility index (Phi) is 9.18. The second-order valence-electron chi connectivity index (χ2n) is 5.28. The number of nitrogens with one attached hydrogen (secondary N) is 1. The van der Waals surface area contributed by atoms with Crippen molar-refractivity contribution in [2.24, 2.45) is 0 Å². The number of unbranched alkanes of at least 4 members (excludes halogenated alkanes) is 1. The number of carboxylic acid groups (broad SMARTS) is 1. The molecule has 140 valence electrons. The van der Waals surface area contributed by atoms with Crippen LogP contribution >= 0.6 is 0 Å². The van der Waals surface area contributed by atoms with E-state index >= 15 is 0 Å². The van der Waals surface area contributed by atoms with Crippen LogP contribution in [0, 0.1) is 0 Å². The molecule has 0 saturated heterocycles. The summed E-state index contributed by atoms with van der Waals surface area (Å²) in [4.78, 5) is 10.4. The minimum atomic E-state index is -3.79. The smallest absolute Gasteiger partial charge is 0.244 e. The number of hydrogen-bond donors (Lipinski definition) is 1. The standard InChI is InChI=1S/C17H25NO6S/c1-3-4-11-24-12-5-10-18-25(21,22)16-13-14(7-9-17(19)20)6-8-15(16)23-2/h6-9,13,18H,3-5,10-12H2,1-2H3,(H,19,20)/p-1/b9-7+. The van der Waals surface area contributed by atoms with E-state index in [2.05, 4.69) is 11.6 Å². The van der Waals surface area contributed by atoms with E-state index in [9.17, 15) is 18.3 Å². The van der Waals surface area contributed by atoms with E-state index in [-0.39, 0.29) is 17.2 Å². The van der Waals surface area contributed by atoms with Crippen molar-refractivity contribution in [3.63, 3.8) is 0 Å². The zero-order valence-corrected chi connectivity index (χ0v) is 15.3. The largest absolute Gasteiger partial charge is 0.545 e. The first-order valence-corrected chi connectivity index (χ1v) is 9.53. The van der Waals surface area contributed by atoms with E-state index in [1.54, 1.807) is 6.07 Å². The summed E-state index contributed by atoms with van der Waals surface area (Å²) < 4.78 is 37.9. The van der Waals surface area contributed by atoms with Gasteiger partial charge in [-0.1, -0.05) is 25.5 Å². The fraction of sp³-hybridized carbons (Fsp3) is 0.471. The molecule has 0 amide bonds. The molecule has 0 fully saturated rings. The van der Waals surface area contributed by atoms with E-state index < -0.39 is 16.0 Å². The van der Waals surface area contributed by atoms with Gasteiger partial charge in [-0.3, -0.25) is 0 Å². The molecule has 0 aromatic heterocycles. The van der Waals surface area contributed by atoms with Crippen molar-refractivity contribution in [3.05, 3.63) is 29.8 Å². The molecule has 0 atom stereocenters. The lowest BCUT2D eigenvalue weighted by molar-refractivity contribution is -0.297. The highest BCUT2D eigenvalue weighted by Gasteiger charge is 2.19. The summed E-state index contributed by atoms with van der Waals surface area (Å²) in [5, 5.41) is 10.5. The van der Waals surface area contributed by atoms with E-state index in [0.29, 0.717) is 25.2 Å². The Labute approximate surface area is 148 Å². The van der Waals surface area contributed by atoms with Crippen molar-refractivity contribution in [1.29, 1.82) is 0 Å². The van der Waals surface area contributed by atoms with Gasteiger partial charge in [-0.25, -0.2) is 13.1 Å². The molecule has 0 unspecified atom stereocenters. The Morgan fingerprint density at radius 2 is 2.00 bits per heavy atom. The van der Waals surface area contributed by atoms with Crippen LogP contribution in [0.1, 0.15) is 31.7 Å². The third-order valence-corrected chi connectivity index (χ3v) is 4.77. The van der Waals surface area contributed by atoms with Crippen molar-refractivity contribution in [2.75, 3.05) is 26.9 Å². The summed E-state index contributed by atoms with van der Waals surface area (Å²) in [6.45, 7) is 3.45. The van der Waals surface area contributed by atoms with Gasteiger partial charge in [-0.15, -0.1) is 0 Å². The summed E-state index contributed by atoms with van der Waals surface area (Å²) in [5.41, 5.74) is 0.410. The number of ether oxygens (including phenoxy) is 2. The topological polar surface area (TPSA) is 105 Å². The van der Waals surface area contributed by atoms with E-state index in [1.807, 2.05) is 0 Å². The van der Waals surface area contributed by atoms with Gasteiger partial charge < -0.3 is 19.4 Å². The molecule has 1 aromatic rings. The Bertz CT molecular complexity index is 684. The summed E-state index contributed by atoms with van der Waals surface area (Å²) in [6.07, 6.45) is 4.68. The fourth-order valence-corrected chi connectivity index (χ4v) is 3.25. The predicted octanol–water partition coefficient (Wildman–Crippen LogP) is 0.943. The van der Waals surface area contributed by atoms with Crippen molar-refractivity contribution < 1.29 is 27.8 Å². The van der Waals surface area contributed by atoms with Gasteiger partial charge in [0.25, 0.3) is 0 Å². The Morgan fingerprint density at radius 3 is 2.64 bits per heavy atom. The van der Waals surface area contributed by atoms with Gasteiger partial charge in [0.2, 0.25) is 10.0 Å². The number of benzene rings is 1. The number of hydrogen-bond acceptors (Lipinski definition) is 6. The maximum absolute atomic E-state index is 12.5. The van der Waals surface area contributed by atoms with Gasteiger partial charge in [0.05, 0.1) is 13.1 Å². The number of rotatable bonds is 12. The maximum atomic E-state index is 12.5. The van der Waals surface area contributed by atoms with Crippen LogP contribution in [-0.4, -0.2) is 41.3 Å². The van der Waals surface area contributed by atoms with Crippen LogP contribution in [0.3, 0.4) is 0 Å². The minimum Gasteiger partial charge on any atom is -0.545 e. The van der Waals surface area contributed by atoms with Crippen LogP contribution in [0.4, 0.5) is 0 Å². The van der Waals surface area contributed by atoms with Crippen molar-refractivity contribution in [3.8, 4) is 5.75 Å². The first kappa shape index (κ1) is 21.1. The van der Waals surface area contributed by atoms with Crippen molar-refractivity contribution in [1.82, 2.24) is 4.72 Å². The molecular formula is C17H24NO6S-. The number of methoxy groups -OCH3 is 1. The molecule has 8 heteroatoms. The third kappa shape index (κ3) is 7.68. The zero-order valence-electron chi connectivity index (χ0n) is 14.5. The lowest BCUT2D eigenvalue weighted by atomic mass is 10.2. The molecule has 7 nitrogen and oxygen atoms in total. The summed E-state index contributed by atoms with van der Waals surface area (Å²) in [6, 6.07) is 4.37. The minimum absolute atomic E-state index is 0.0533. The van der Waals surface area contributed by atoms with E-state index in [1.165, 1.54) is 25.3 Å². The van der Waals surface area contributed by atoms with Gasteiger partial charge in [0, 0.05) is 19.8 Å². The fourth-order valence-electron chi connectivity index (χ4n) is 1.98. The molecule has 0 saturated carbocycles. The molecule has 0 aliphatic rings. The predicted molar refractivity (Wildman–Crippen MR) is 92.6 cm³/mol. The highest BCUT2D eigenvalue weighted by atomic mass is 32.2. The molecule has 0 radical (unpaired) electrons. The number of sulfonamides is 1. The van der Waals surface area contributed by atoms with Crippen LogP contribution in [0.5, 0.6) is 5.75 Å². The van der Waals surface area contributed by atoms with Gasteiger partial charge in [-0.05, 0) is 36.6 Å². The normalized spacial score (nSPS) is 11.8. The van der Waals surface area contributed by atoms with Crippen LogP contribution < -0.4 is 14.6 Å². The molecule has 0 spiro atoms. The lowest BCUT2D eigenvalue weighted by Gasteiger charge is -2.12. The summed E-state index contributed by atoms with van der Waals surface area (Å²) in [7, 11) is -2.42. The monoisotopic (exact) mass is 370 g/mol. The molecule has 0 heterocycles. The molecule has 0 bridgehead atoms. The second kappa shape index (κ2) is 10.9. The number of aliphatic carboxylic acids is 1. The van der Waals surface area contributed by atoms with Gasteiger partial charge >= 0.3 is 0 Å². The van der Waals surface area contributed by atoms with Gasteiger partial charge in [0.15, 0.2) is 0 Å². The average molecular weight is 370 g/mol. The Balaban J connectivity index is 2.74. The summed E-state index contributed by atoms with van der Waals surface area (Å²) >= 11 is 0. The van der Waals surface area contributed by atoms with Crippen molar-refractivity contribution in [2.45, 2.75) is 31.1 Å². The molecule has 1 rings (SSSR count). The first-order chi connectivity index (χ1) is 11.9. The molecular weight excluding hydrogens is 346 g/mol. The zero-order chi connectivity index (χ0) is 18.7. The first-order valence-electron chi connectivity index (χ1n) is 8.05. The molecule has 0 aliphatic heterocycles. The maximum Gasteiger partial charge on any atom is 0.244 e. The van der Waals surface area contributed by atoms with Gasteiger partial charge in [0.1, 0.15) is 10.6 Å². The number of carbonyl (C=O) groups is 1. The Hall–Kier alpha value is -1.90. The lowest BCUT2D eigenvalue weighted by Crippen LogP contribution is -2.26. The molecule has 25 heavy (non-hydrogen) atoms. The highest BCUT2D eigenvalue weighted by molar-refractivity contribution is 7.89. The van der Waals surface area contributed by atoms with E-state index in [0.717, 1.165) is 18.9 Å². The van der Waals surface area contributed by atoms with Crippen LogP contribution in [0.2, 0.25) is 0 Å². The van der Waals surface area contributed by atoms with Crippen LogP contribution in [0.15, 0.2) is 29.2 Å². The van der Waals surface area contributed by atoms with Crippen molar-refractivity contribution >= 4 is 22.1 Å². The van der Waals surface area contributed by atoms with E-state index in [4.69, 9.17) is 9.47 Å². The average Bonchev–Trinajstić information content (AvgIpc) is 2.58. The van der Waals surface area contributed by atoms with Gasteiger partial charge in [-0.2, -0.15) is 0 Å². The highest BCUT2D eigenvalue weighted by Crippen LogP contribution is 2.25. The SMILES string of the molecule is CCCCOCCCNS(=O)(=O)c1cc(/C=C/C(=O)[O-])ccc1OC.